The van der Waals surface area contributed by atoms with Gasteiger partial charge in [-0.2, -0.15) is 23.5 Å². The molecular formula is C40H64N4O7S2. The third-order valence-electron chi connectivity index (χ3n) is 9.24. The number of nitrogens with zero attached hydrogens (tertiary/aromatic N) is 1. The maximum atomic E-state index is 12.9. The summed E-state index contributed by atoms with van der Waals surface area (Å²) in [7, 11) is 0. The lowest BCUT2D eigenvalue weighted by Gasteiger charge is -2.20. The molecule has 0 saturated carbocycles. The Hall–Kier alpha value is -3.19. The lowest BCUT2D eigenvalue weighted by Crippen LogP contribution is -2.47. The van der Waals surface area contributed by atoms with E-state index in [0.717, 1.165) is 62.0 Å². The summed E-state index contributed by atoms with van der Waals surface area (Å²) in [4.78, 5) is 61.9. The molecule has 0 aromatic carbocycles. The SMILES string of the molecule is CC(=O)NC(CSCC=C(C)CCC=C(C)CCC=C(C)CCC=C(C)C)C(=O)NCCCCOC(=O)N1C(=O)NC2C(CCCCC(=O)O)SCC21. The smallest absolute Gasteiger partial charge is 0.418 e. The number of aliphatic carboxylic acids is 1. The minimum absolute atomic E-state index is 0.113. The fourth-order valence-corrected chi connectivity index (χ4v) is 8.76. The number of amides is 5. The molecule has 0 spiro atoms. The van der Waals surface area contributed by atoms with Crippen molar-refractivity contribution in [3.63, 3.8) is 0 Å². The van der Waals surface area contributed by atoms with Gasteiger partial charge in [0.25, 0.3) is 0 Å². The van der Waals surface area contributed by atoms with E-state index in [2.05, 4.69) is 74.9 Å². The first-order valence-corrected chi connectivity index (χ1v) is 21.3. The average Bonchev–Trinajstić information content (AvgIpc) is 3.62. The number of hydrogen-bond donors (Lipinski definition) is 4. The van der Waals surface area contributed by atoms with E-state index in [9.17, 15) is 24.0 Å². The molecule has 298 valence electrons. The second-order valence-electron chi connectivity index (χ2n) is 14.4. The van der Waals surface area contributed by atoms with Crippen molar-refractivity contribution in [3.05, 3.63) is 46.6 Å². The Labute approximate surface area is 326 Å². The number of carbonyl (C=O) groups excluding carboxylic acids is 4. The van der Waals surface area contributed by atoms with Crippen LogP contribution in [0.4, 0.5) is 9.59 Å². The molecule has 0 bridgehead atoms. The van der Waals surface area contributed by atoms with Crippen molar-refractivity contribution in [2.75, 3.05) is 30.4 Å². The van der Waals surface area contributed by atoms with Crippen LogP contribution >= 0.6 is 23.5 Å². The number of unbranched alkanes of at least 4 members (excludes halogenated alkanes) is 2. The number of ether oxygens (including phenoxy) is 1. The van der Waals surface area contributed by atoms with Crippen LogP contribution in [0.25, 0.3) is 0 Å². The second-order valence-corrected chi connectivity index (χ2v) is 16.7. The van der Waals surface area contributed by atoms with Gasteiger partial charge in [0.1, 0.15) is 6.04 Å². The molecule has 2 saturated heterocycles. The van der Waals surface area contributed by atoms with Crippen LogP contribution in [0.15, 0.2) is 46.6 Å². The number of urea groups is 1. The maximum absolute atomic E-state index is 12.9. The molecule has 2 rings (SSSR count). The maximum Gasteiger partial charge on any atom is 0.418 e. The molecule has 0 aromatic heterocycles. The molecule has 2 heterocycles. The van der Waals surface area contributed by atoms with Crippen LogP contribution in [0.2, 0.25) is 0 Å². The van der Waals surface area contributed by atoms with Gasteiger partial charge in [-0.1, -0.05) is 53.0 Å². The number of fused-ring (bicyclic) bond motifs is 1. The molecule has 2 aliphatic rings. The van der Waals surface area contributed by atoms with Crippen LogP contribution in [0, 0.1) is 0 Å². The quantitative estimate of drug-likeness (QED) is 0.0411. The third-order valence-corrected chi connectivity index (χ3v) is 11.7. The summed E-state index contributed by atoms with van der Waals surface area (Å²) < 4.78 is 5.40. The Balaban J connectivity index is 1.63. The van der Waals surface area contributed by atoms with Crippen molar-refractivity contribution in [2.45, 2.75) is 142 Å². The zero-order valence-corrected chi connectivity index (χ0v) is 34.4. The first kappa shape index (κ1) is 46.0. The Morgan fingerprint density at radius 1 is 0.906 bits per heavy atom. The standard InChI is InChI=1S/C40H64N4O7S2/c1-28(2)14-11-15-29(3)16-12-17-30(4)18-13-19-31(5)22-25-52-26-33(42-32(6)45)38(48)41-23-9-10-24-51-40(50)44-34-27-53-35(37(34)43-39(44)49)20-7-8-21-36(46)47/h14,16,18,22,33-35,37H,7-13,15,17,19-21,23-27H2,1-6H3,(H,41,48)(H,42,45)(H,43,49)(H,46,47). The van der Waals surface area contributed by atoms with Gasteiger partial charge in [-0.3, -0.25) is 14.4 Å². The average molecular weight is 777 g/mol. The number of nitrogens with one attached hydrogen (secondary N) is 3. The lowest BCUT2D eigenvalue weighted by molar-refractivity contribution is -0.137. The molecule has 4 unspecified atom stereocenters. The van der Waals surface area contributed by atoms with Crippen molar-refractivity contribution in [1.29, 1.82) is 0 Å². The second kappa shape index (κ2) is 25.8. The van der Waals surface area contributed by atoms with Crippen LogP contribution in [0.5, 0.6) is 0 Å². The van der Waals surface area contributed by atoms with Crippen LogP contribution in [0.3, 0.4) is 0 Å². The highest BCUT2D eigenvalue weighted by molar-refractivity contribution is 8.00. The fraction of sp³-hybridized carbons (Fsp3) is 0.675. The van der Waals surface area contributed by atoms with Crippen LogP contribution in [0.1, 0.15) is 119 Å². The largest absolute Gasteiger partial charge is 0.481 e. The number of carboxylic acid groups (broad SMARTS) is 1. The normalized spacial score (nSPS) is 19.4. The molecule has 11 nitrogen and oxygen atoms in total. The number of rotatable bonds is 25. The number of allylic oxidation sites excluding steroid dienone is 7. The summed E-state index contributed by atoms with van der Waals surface area (Å²) in [6.45, 7) is 12.7. The summed E-state index contributed by atoms with van der Waals surface area (Å²) >= 11 is 3.29. The van der Waals surface area contributed by atoms with Gasteiger partial charge in [-0.15, -0.1) is 0 Å². The minimum Gasteiger partial charge on any atom is -0.481 e. The molecule has 2 fully saturated rings. The Bertz CT molecular complexity index is 1340. The summed E-state index contributed by atoms with van der Waals surface area (Å²) in [6.07, 6.45) is 18.2. The number of hydrogen-bond acceptors (Lipinski definition) is 8. The van der Waals surface area contributed by atoms with Crippen molar-refractivity contribution < 1.29 is 33.8 Å². The Morgan fingerprint density at radius 2 is 1.55 bits per heavy atom. The van der Waals surface area contributed by atoms with E-state index < -0.39 is 24.1 Å². The number of thioether (sulfide) groups is 2. The molecule has 4 N–H and O–H groups in total. The van der Waals surface area contributed by atoms with Crippen LogP contribution in [-0.2, 0) is 19.1 Å². The predicted molar refractivity (Wildman–Crippen MR) is 217 cm³/mol. The van der Waals surface area contributed by atoms with E-state index in [-0.39, 0.29) is 42.2 Å². The van der Waals surface area contributed by atoms with Crippen LogP contribution < -0.4 is 16.0 Å². The molecule has 0 radical (unpaired) electrons. The van der Waals surface area contributed by atoms with Crippen molar-refractivity contribution in [3.8, 4) is 0 Å². The summed E-state index contributed by atoms with van der Waals surface area (Å²) in [6, 6.07) is -1.56. The first-order chi connectivity index (χ1) is 25.3. The van der Waals surface area contributed by atoms with Gasteiger partial charge in [0, 0.05) is 42.4 Å². The summed E-state index contributed by atoms with van der Waals surface area (Å²) in [5.74, 6) is 0.494. The van der Waals surface area contributed by atoms with Gasteiger partial charge >= 0.3 is 18.1 Å². The molecule has 0 aliphatic carbocycles. The van der Waals surface area contributed by atoms with Gasteiger partial charge in [-0.05, 0) is 98.8 Å². The molecule has 4 atom stereocenters. The highest BCUT2D eigenvalue weighted by atomic mass is 32.2. The number of carbonyl (C=O) groups is 5. The minimum atomic E-state index is -0.814. The van der Waals surface area contributed by atoms with Crippen molar-refractivity contribution in [2.24, 2.45) is 0 Å². The van der Waals surface area contributed by atoms with Crippen molar-refractivity contribution >= 4 is 53.4 Å². The van der Waals surface area contributed by atoms with E-state index in [1.165, 1.54) is 29.2 Å². The summed E-state index contributed by atoms with van der Waals surface area (Å²) in [5.41, 5.74) is 5.55. The van der Waals surface area contributed by atoms with Gasteiger partial charge in [-0.25, -0.2) is 14.5 Å². The van der Waals surface area contributed by atoms with E-state index in [1.807, 2.05) is 0 Å². The topological polar surface area (TPSA) is 154 Å². The van der Waals surface area contributed by atoms with E-state index >= 15 is 0 Å². The highest BCUT2D eigenvalue weighted by Gasteiger charge is 2.51. The van der Waals surface area contributed by atoms with Gasteiger partial charge in [0.2, 0.25) is 11.8 Å². The van der Waals surface area contributed by atoms with Gasteiger partial charge in [0.05, 0.1) is 18.7 Å². The summed E-state index contributed by atoms with van der Waals surface area (Å²) in [5, 5.41) is 17.5. The van der Waals surface area contributed by atoms with E-state index in [4.69, 9.17) is 9.84 Å². The van der Waals surface area contributed by atoms with Gasteiger partial charge in [0.15, 0.2) is 0 Å². The van der Waals surface area contributed by atoms with Crippen molar-refractivity contribution in [1.82, 2.24) is 20.9 Å². The molecule has 13 heteroatoms. The third kappa shape index (κ3) is 19.1. The molecule has 0 aromatic rings. The van der Waals surface area contributed by atoms with E-state index in [0.29, 0.717) is 37.3 Å². The Kier molecular flexibility index (Phi) is 22.3. The zero-order chi connectivity index (χ0) is 39.2. The highest BCUT2D eigenvalue weighted by Crippen LogP contribution is 2.37. The van der Waals surface area contributed by atoms with Crippen LogP contribution in [-0.4, -0.2) is 93.7 Å². The predicted octanol–water partition coefficient (Wildman–Crippen LogP) is 7.93. The molecule has 53 heavy (non-hydrogen) atoms. The Morgan fingerprint density at radius 3 is 2.17 bits per heavy atom. The first-order valence-electron chi connectivity index (χ1n) is 19.1. The van der Waals surface area contributed by atoms with Gasteiger partial charge < -0.3 is 25.8 Å². The van der Waals surface area contributed by atoms with E-state index in [1.54, 1.807) is 23.5 Å². The fourth-order valence-electron chi connectivity index (χ4n) is 6.16. The monoisotopic (exact) mass is 776 g/mol. The molecule has 2 aliphatic heterocycles. The zero-order valence-electron chi connectivity index (χ0n) is 32.8. The molecule has 5 amide bonds. The molecular weight excluding hydrogens is 713 g/mol. The number of carboxylic acids is 1. The lowest BCUT2D eigenvalue weighted by atomic mass is 10.0. The number of imide groups is 1.